The Bertz CT molecular complexity index is 1150. The van der Waals surface area contributed by atoms with Gasteiger partial charge in [0.1, 0.15) is 11.2 Å². The summed E-state index contributed by atoms with van der Waals surface area (Å²) in [6, 6.07) is 14.1. The van der Waals surface area contributed by atoms with E-state index in [0.717, 1.165) is 22.0 Å². The van der Waals surface area contributed by atoms with Gasteiger partial charge in [0, 0.05) is 29.6 Å². The van der Waals surface area contributed by atoms with Crippen LogP contribution in [0.15, 0.2) is 57.8 Å². The van der Waals surface area contributed by atoms with E-state index in [1.54, 1.807) is 29.9 Å². The first-order chi connectivity index (χ1) is 11.4. The molecule has 0 atom stereocenters. The van der Waals surface area contributed by atoms with Gasteiger partial charge in [-0.3, -0.25) is 9.40 Å². The van der Waals surface area contributed by atoms with E-state index >= 15 is 0 Å². The zero-order valence-electron chi connectivity index (χ0n) is 13.1. The molecule has 4 aromatic rings. The minimum absolute atomic E-state index is 0.171. The Kier molecular flexibility index (Phi) is 3.14. The second kappa shape index (κ2) is 5.10. The first-order valence-electron chi connectivity index (χ1n) is 7.39. The molecule has 2 aromatic heterocycles. The molecule has 0 fully saturated rings. The molecule has 0 saturated heterocycles. The van der Waals surface area contributed by atoms with Gasteiger partial charge in [0.2, 0.25) is 0 Å². The molecule has 0 bridgehead atoms. The van der Waals surface area contributed by atoms with Gasteiger partial charge in [-0.15, -0.1) is 0 Å². The van der Waals surface area contributed by atoms with E-state index in [4.69, 9.17) is 4.42 Å². The van der Waals surface area contributed by atoms with E-state index in [0.29, 0.717) is 11.4 Å². The van der Waals surface area contributed by atoms with Crippen molar-refractivity contribution < 1.29 is 12.8 Å². The summed E-state index contributed by atoms with van der Waals surface area (Å²) in [6.45, 7) is 1.86. The fourth-order valence-corrected chi connectivity index (χ4v) is 3.69. The number of furan rings is 1. The summed E-state index contributed by atoms with van der Waals surface area (Å²) in [5.41, 5.74) is 2.25. The smallest absolute Gasteiger partial charge is 0.263 e. The second-order valence-electron chi connectivity index (χ2n) is 5.66. The van der Waals surface area contributed by atoms with Crippen LogP contribution in [0.2, 0.25) is 0 Å². The molecule has 0 radical (unpaired) electrons. The number of hydrogen-bond donors (Lipinski definition) is 1. The van der Waals surface area contributed by atoms with Gasteiger partial charge in [0.05, 0.1) is 4.90 Å². The molecule has 2 aromatic carbocycles. The number of fused-ring (bicyclic) bond motifs is 3. The molecule has 4 rings (SSSR count). The molecular formula is C17H15N3O3S. The van der Waals surface area contributed by atoms with Gasteiger partial charge < -0.3 is 4.42 Å². The second-order valence-corrected chi connectivity index (χ2v) is 7.34. The number of aryl methyl sites for hydroxylation is 2. The number of nitrogens with one attached hydrogen (secondary N) is 1. The molecule has 0 amide bonds. The van der Waals surface area contributed by atoms with Crippen molar-refractivity contribution in [2.45, 2.75) is 11.8 Å². The van der Waals surface area contributed by atoms with Gasteiger partial charge >= 0.3 is 0 Å². The van der Waals surface area contributed by atoms with Crippen LogP contribution in [0.25, 0.3) is 21.9 Å². The largest absolute Gasteiger partial charge is 0.456 e. The molecule has 24 heavy (non-hydrogen) atoms. The van der Waals surface area contributed by atoms with E-state index in [2.05, 4.69) is 9.82 Å². The van der Waals surface area contributed by atoms with Crippen LogP contribution in [0.3, 0.4) is 0 Å². The van der Waals surface area contributed by atoms with Crippen LogP contribution in [-0.4, -0.2) is 18.2 Å². The highest BCUT2D eigenvalue weighted by atomic mass is 32.2. The highest BCUT2D eigenvalue weighted by Gasteiger charge is 2.18. The van der Waals surface area contributed by atoms with Crippen LogP contribution in [0.4, 0.5) is 5.82 Å². The van der Waals surface area contributed by atoms with Crippen LogP contribution in [0.1, 0.15) is 5.69 Å². The van der Waals surface area contributed by atoms with Gasteiger partial charge in [-0.2, -0.15) is 5.10 Å². The fourth-order valence-electron chi connectivity index (χ4n) is 2.68. The van der Waals surface area contributed by atoms with Gasteiger partial charge in [-0.1, -0.05) is 18.2 Å². The quantitative estimate of drug-likeness (QED) is 0.619. The number of benzene rings is 2. The SMILES string of the molecule is Cc1cc(NS(=O)(=O)c2ccc3oc4ccccc4c3c2)nn1C. The van der Waals surface area contributed by atoms with Crippen molar-refractivity contribution in [3.8, 4) is 0 Å². The van der Waals surface area contributed by atoms with Crippen molar-refractivity contribution >= 4 is 37.8 Å². The van der Waals surface area contributed by atoms with Gasteiger partial charge in [-0.25, -0.2) is 8.42 Å². The van der Waals surface area contributed by atoms with Gasteiger partial charge in [-0.05, 0) is 31.2 Å². The Hall–Kier alpha value is -2.80. The molecule has 122 valence electrons. The van der Waals surface area contributed by atoms with Crippen LogP contribution in [0.5, 0.6) is 0 Å². The lowest BCUT2D eigenvalue weighted by Gasteiger charge is -2.05. The zero-order chi connectivity index (χ0) is 16.9. The van der Waals surface area contributed by atoms with Crippen molar-refractivity contribution in [3.63, 3.8) is 0 Å². The van der Waals surface area contributed by atoms with E-state index in [1.807, 2.05) is 31.2 Å². The number of rotatable bonds is 3. The number of para-hydroxylation sites is 1. The molecule has 0 saturated carbocycles. The van der Waals surface area contributed by atoms with E-state index in [-0.39, 0.29) is 4.90 Å². The molecule has 0 unspecified atom stereocenters. The zero-order valence-corrected chi connectivity index (χ0v) is 14.0. The molecule has 0 aliphatic carbocycles. The van der Waals surface area contributed by atoms with Crippen molar-refractivity contribution in [2.75, 3.05) is 4.72 Å². The molecule has 0 spiro atoms. The Morgan fingerprint density at radius 3 is 2.54 bits per heavy atom. The Morgan fingerprint density at radius 1 is 1.04 bits per heavy atom. The molecule has 7 heteroatoms. The van der Waals surface area contributed by atoms with Crippen LogP contribution < -0.4 is 4.72 Å². The van der Waals surface area contributed by atoms with E-state index < -0.39 is 10.0 Å². The number of sulfonamides is 1. The predicted molar refractivity (Wildman–Crippen MR) is 92.5 cm³/mol. The Balaban J connectivity index is 1.81. The standard InChI is InChI=1S/C17H15N3O3S/c1-11-9-17(18-20(11)2)19-24(21,22)12-7-8-16-14(10-12)13-5-3-4-6-15(13)23-16/h3-10H,1-2H3,(H,18,19). The summed E-state index contributed by atoms with van der Waals surface area (Å²) in [7, 11) is -1.96. The average Bonchev–Trinajstić information content (AvgIpc) is 3.06. The molecule has 6 nitrogen and oxygen atoms in total. The highest BCUT2D eigenvalue weighted by Crippen LogP contribution is 2.30. The lowest BCUT2D eigenvalue weighted by Crippen LogP contribution is -2.13. The van der Waals surface area contributed by atoms with Gasteiger partial charge in [0.25, 0.3) is 10.0 Å². The van der Waals surface area contributed by atoms with E-state index in [9.17, 15) is 8.42 Å². The normalized spacial score (nSPS) is 12.1. The third-order valence-corrected chi connectivity index (χ3v) is 5.36. The van der Waals surface area contributed by atoms with Crippen molar-refractivity contribution in [3.05, 3.63) is 54.2 Å². The van der Waals surface area contributed by atoms with Crippen molar-refractivity contribution in [1.29, 1.82) is 0 Å². The van der Waals surface area contributed by atoms with Crippen molar-refractivity contribution in [1.82, 2.24) is 9.78 Å². The maximum Gasteiger partial charge on any atom is 0.263 e. The summed E-state index contributed by atoms with van der Waals surface area (Å²) in [6.07, 6.45) is 0. The third-order valence-electron chi connectivity index (χ3n) is 4.01. The Morgan fingerprint density at radius 2 is 1.79 bits per heavy atom. The van der Waals surface area contributed by atoms with Crippen LogP contribution >= 0.6 is 0 Å². The van der Waals surface area contributed by atoms with Crippen LogP contribution in [-0.2, 0) is 17.1 Å². The first-order valence-corrected chi connectivity index (χ1v) is 8.87. The summed E-state index contributed by atoms with van der Waals surface area (Å²) in [4.78, 5) is 0.171. The minimum atomic E-state index is -3.72. The maximum atomic E-state index is 12.6. The monoisotopic (exact) mass is 341 g/mol. The molecule has 1 N–H and O–H groups in total. The number of nitrogens with zero attached hydrogens (tertiary/aromatic N) is 2. The minimum Gasteiger partial charge on any atom is -0.456 e. The summed E-state index contributed by atoms with van der Waals surface area (Å²) < 4.78 is 35.1. The summed E-state index contributed by atoms with van der Waals surface area (Å²) >= 11 is 0. The topological polar surface area (TPSA) is 77.1 Å². The lowest BCUT2D eigenvalue weighted by molar-refractivity contribution is 0.601. The molecule has 0 aliphatic heterocycles. The average molecular weight is 341 g/mol. The van der Waals surface area contributed by atoms with Gasteiger partial charge in [0.15, 0.2) is 5.82 Å². The highest BCUT2D eigenvalue weighted by molar-refractivity contribution is 7.92. The number of aromatic nitrogens is 2. The maximum absolute atomic E-state index is 12.6. The summed E-state index contributed by atoms with van der Waals surface area (Å²) in [5, 5.41) is 5.79. The fraction of sp³-hybridized carbons (Fsp3) is 0.118. The third kappa shape index (κ3) is 2.33. The molecule has 0 aliphatic rings. The molecule has 2 heterocycles. The number of hydrogen-bond acceptors (Lipinski definition) is 4. The first kappa shape index (κ1) is 14.8. The van der Waals surface area contributed by atoms with Crippen molar-refractivity contribution in [2.24, 2.45) is 7.05 Å². The van der Waals surface area contributed by atoms with E-state index in [1.165, 1.54) is 6.07 Å². The number of anilines is 1. The summed E-state index contributed by atoms with van der Waals surface area (Å²) in [5.74, 6) is 0.298. The Labute approximate surface area is 138 Å². The van der Waals surface area contributed by atoms with Crippen LogP contribution in [0, 0.1) is 6.92 Å². The predicted octanol–water partition coefficient (Wildman–Crippen LogP) is 3.43. The molecular weight excluding hydrogens is 326 g/mol. The lowest BCUT2D eigenvalue weighted by atomic mass is 10.1.